The molecule has 0 unspecified atom stereocenters. The maximum Gasteiger partial charge on any atom is 0.282 e. The van der Waals surface area contributed by atoms with Gasteiger partial charge < -0.3 is 0 Å². The summed E-state index contributed by atoms with van der Waals surface area (Å²) < 4.78 is 29.0. The van der Waals surface area contributed by atoms with E-state index < -0.39 is 6.43 Å². The fourth-order valence-corrected chi connectivity index (χ4v) is 4.52. The van der Waals surface area contributed by atoms with Crippen molar-refractivity contribution in [3.05, 3.63) is 64.8 Å². The van der Waals surface area contributed by atoms with E-state index in [1.165, 1.54) is 10.7 Å². The molecule has 4 heterocycles. The van der Waals surface area contributed by atoms with Crippen LogP contribution in [0.25, 0.3) is 27.0 Å². The Balaban J connectivity index is 1.65. The molecule has 0 atom stereocenters. The molecule has 0 bridgehead atoms. The second-order valence-corrected chi connectivity index (χ2v) is 7.99. The Bertz CT molecular complexity index is 1340. The Morgan fingerprint density at radius 1 is 1.10 bits per heavy atom. The molecule has 0 radical (unpaired) electrons. The lowest BCUT2D eigenvalue weighted by Gasteiger charge is -2.02. The van der Waals surface area contributed by atoms with Crippen molar-refractivity contribution in [2.45, 2.75) is 26.8 Å². The van der Waals surface area contributed by atoms with Crippen LogP contribution < -0.4 is 0 Å². The van der Waals surface area contributed by atoms with Crippen molar-refractivity contribution in [3.8, 4) is 11.1 Å². The maximum absolute atomic E-state index is 12.9. The minimum Gasteiger partial charge on any atom is -0.262 e. The van der Waals surface area contributed by atoms with Gasteiger partial charge in [0.15, 0.2) is 11.5 Å². The van der Waals surface area contributed by atoms with E-state index in [-0.39, 0.29) is 12.2 Å². The van der Waals surface area contributed by atoms with Crippen molar-refractivity contribution in [2.75, 3.05) is 0 Å². The lowest BCUT2D eigenvalue weighted by molar-refractivity contribution is 0.145. The minimum atomic E-state index is -2.60. The highest BCUT2D eigenvalue weighted by Crippen LogP contribution is 2.38. The van der Waals surface area contributed by atoms with Crippen molar-refractivity contribution in [1.82, 2.24) is 29.4 Å². The van der Waals surface area contributed by atoms with E-state index in [9.17, 15) is 8.78 Å². The monoisotopic (exact) mass is 410 g/mol. The largest absolute Gasteiger partial charge is 0.282 e. The van der Waals surface area contributed by atoms with Gasteiger partial charge in [0.05, 0.1) is 5.39 Å². The lowest BCUT2D eigenvalue weighted by Crippen LogP contribution is -2.06. The van der Waals surface area contributed by atoms with E-state index in [0.717, 1.165) is 26.2 Å². The summed E-state index contributed by atoms with van der Waals surface area (Å²) in [7, 11) is 0. The van der Waals surface area contributed by atoms with Gasteiger partial charge in [-0.2, -0.15) is 5.10 Å². The Hall–Kier alpha value is -3.20. The zero-order chi connectivity index (χ0) is 20.1. The number of alkyl halides is 2. The second-order valence-electron chi connectivity index (χ2n) is 6.79. The first-order chi connectivity index (χ1) is 14.0. The van der Waals surface area contributed by atoms with Crippen molar-refractivity contribution in [1.29, 1.82) is 0 Å². The number of thiophene rings is 1. The van der Waals surface area contributed by atoms with Gasteiger partial charge >= 0.3 is 0 Å². The van der Waals surface area contributed by atoms with Crippen LogP contribution in [0.5, 0.6) is 0 Å². The van der Waals surface area contributed by atoms with Gasteiger partial charge in [0, 0.05) is 16.1 Å². The molecule has 5 rings (SSSR count). The van der Waals surface area contributed by atoms with Crippen LogP contribution in [-0.2, 0) is 6.54 Å². The number of aromatic nitrogens is 6. The average molecular weight is 410 g/mol. The van der Waals surface area contributed by atoms with Gasteiger partial charge in [-0.25, -0.2) is 23.3 Å². The molecule has 5 aromatic rings. The first-order valence-electron chi connectivity index (χ1n) is 9.02. The van der Waals surface area contributed by atoms with Crippen LogP contribution in [0.1, 0.15) is 28.5 Å². The highest BCUT2D eigenvalue weighted by Gasteiger charge is 2.19. The zero-order valence-corrected chi connectivity index (χ0v) is 16.5. The summed E-state index contributed by atoms with van der Waals surface area (Å²) in [5.41, 5.74) is 3.29. The van der Waals surface area contributed by atoms with E-state index in [0.29, 0.717) is 17.2 Å². The summed E-state index contributed by atoms with van der Waals surface area (Å²) in [6, 6.07) is 11.5. The molecule has 0 aliphatic rings. The molecule has 0 saturated carbocycles. The van der Waals surface area contributed by atoms with Crippen LogP contribution in [0.2, 0.25) is 0 Å². The smallest absolute Gasteiger partial charge is 0.262 e. The van der Waals surface area contributed by atoms with E-state index in [2.05, 4.69) is 34.2 Å². The van der Waals surface area contributed by atoms with Crippen LogP contribution in [0.3, 0.4) is 0 Å². The Kier molecular flexibility index (Phi) is 4.13. The second kappa shape index (κ2) is 6.70. The Morgan fingerprint density at radius 2 is 1.90 bits per heavy atom. The van der Waals surface area contributed by atoms with Crippen molar-refractivity contribution < 1.29 is 8.78 Å². The maximum atomic E-state index is 12.9. The Morgan fingerprint density at radius 3 is 2.62 bits per heavy atom. The van der Waals surface area contributed by atoms with Crippen molar-refractivity contribution >= 4 is 27.2 Å². The molecule has 6 nitrogen and oxygen atoms in total. The number of fused-ring (bicyclic) bond motifs is 3. The summed E-state index contributed by atoms with van der Waals surface area (Å²) in [5, 5.41) is 9.42. The SMILES string of the molecule is Cc1sc2ncn3nc(Cn4nc(C(F)F)cc4C)nc3c2c1-c1ccccc1. The molecule has 9 heteroatoms. The van der Waals surface area contributed by atoms with E-state index in [4.69, 9.17) is 4.98 Å². The van der Waals surface area contributed by atoms with Gasteiger partial charge in [-0.3, -0.25) is 4.68 Å². The van der Waals surface area contributed by atoms with E-state index in [1.807, 2.05) is 18.2 Å². The van der Waals surface area contributed by atoms with Gasteiger partial charge in [0.2, 0.25) is 0 Å². The summed E-state index contributed by atoms with van der Waals surface area (Å²) in [5.74, 6) is 0.495. The van der Waals surface area contributed by atoms with Crippen molar-refractivity contribution in [3.63, 3.8) is 0 Å². The molecule has 0 aliphatic carbocycles. The number of hydrogen-bond acceptors (Lipinski definition) is 5. The van der Waals surface area contributed by atoms with Crippen LogP contribution in [-0.4, -0.2) is 29.4 Å². The summed E-state index contributed by atoms with van der Waals surface area (Å²) in [6.07, 6.45) is -0.964. The number of nitrogens with zero attached hydrogens (tertiary/aromatic N) is 6. The molecule has 0 N–H and O–H groups in total. The number of rotatable bonds is 4. The molecule has 1 aromatic carbocycles. The van der Waals surface area contributed by atoms with Crippen LogP contribution >= 0.6 is 11.3 Å². The van der Waals surface area contributed by atoms with Gasteiger partial charge in [-0.15, -0.1) is 16.4 Å². The summed E-state index contributed by atoms with van der Waals surface area (Å²) in [6.45, 7) is 4.02. The number of halogens is 2. The van der Waals surface area contributed by atoms with Crippen LogP contribution in [0.15, 0.2) is 42.7 Å². The first-order valence-corrected chi connectivity index (χ1v) is 9.84. The quantitative estimate of drug-likeness (QED) is 0.427. The first kappa shape index (κ1) is 17.9. The normalized spacial score (nSPS) is 11.9. The molecule has 0 saturated heterocycles. The van der Waals surface area contributed by atoms with Gasteiger partial charge in [-0.05, 0) is 25.5 Å². The minimum absolute atomic E-state index is 0.214. The predicted molar refractivity (Wildman–Crippen MR) is 107 cm³/mol. The molecular weight excluding hydrogens is 394 g/mol. The zero-order valence-electron chi connectivity index (χ0n) is 15.7. The van der Waals surface area contributed by atoms with E-state index >= 15 is 0 Å². The van der Waals surface area contributed by atoms with Crippen molar-refractivity contribution in [2.24, 2.45) is 0 Å². The third kappa shape index (κ3) is 2.98. The molecule has 0 amide bonds. The standard InChI is InChI=1S/C20H16F2N6S/c1-11-8-14(18(21)22)25-27(11)9-15-24-19-17-16(13-6-4-3-5-7-13)12(2)29-20(17)23-10-28(19)26-15/h3-8,10,18H,9H2,1-2H3. The summed E-state index contributed by atoms with van der Waals surface area (Å²) >= 11 is 1.62. The van der Waals surface area contributed by atoms with E-state index in [1.54, 1.807) is 29.1 Å². The highest BCUT2D eigenvalue weighted by molar-refractivity contribution is 7.19. The molecule has 0 fully saturated rings. The molecule has 4 aromatic heterocycles. The third-order valence-electron chi connectivity index (χ3n) is 4.83. The van der Waals surface area contributed by atoms with Crippen LogP contribution in [0.4, 0.5) is 8.78 Å². The highest BCUT2D eigenvalue weighted by atomic mass is 32.1. The molecule has 146 valence electrons. The molecule has 0 spiro atoms. The fraction of sp³-hybridized carbons (Fsp3) is 0.200. The Labute approximate surface area is 168 Å². The molecular formula is C20H16F2N6S. The third-order valence-corrected chi connectivity index (χ3v) is 5.84. The van der Waals surface area contributed by atoms with Gasteiger partial charge in [-0.1, -0.05) is 30.3 Å². The lowest BCUT2D eigenvalue weighted by atomic mass is 10.0. The van der Waals surface area contributed by atoms with Crippen LogP contribution in [0, 0.1) is 13.8 Å². The number of hydrogen-bond donors (Lipinski definition) is 0. The molecule has 29 heavy (non-hydrogen) atoms. The molecule has 0 aliphatic heterocycles. The fourth-order valence-electron chi connectivity index (χ4n) is 3.51. The summed E-state index contributed by atoms with van der Waals surface area (Å²) in [4.78, 5) is 11.3. The predicted octanol–water partition coefficient (Wildman–Crippen LogP) is 4.81. The number of aryl methyl sites for hydroxylation is 2. The topological polar surface area (TPSA) is 60.9 Å². The van der Waals surface area contributed by atoms with Gasteiger partial charge in [0.1, 0.15) is 23.4 Å². The average Bonchev–Trinajstić information content (AvgIpc) is 3.37. The van der Waals surface area contributed by atoms with Gasteiger partial charge in [0.25, 0.3) is 6.43 Å². The number of benzene rings is 1.